The van der Waals surface area contributed by atoms with E-state index in [0.29, 0.717) is 17.1 Å². The summed E-state index contributed by atoms with van der Waals surface area (Å²) in [6.45, 7) is 3.93. The second kappa shape index (κ2) is 9.51. The second-order valence-electron chi connectivity index (χ2n) is 10.6. The molecule has 1 fully saturated rings. The van der Waals surface area contributed by atoms with Gasteiger partial charge >= 0.3 is 0 Å². The molecule has 194 valence electrons. The molecule has 1 aliphatic heterocycles. The topological polar surface area (TPSA) is 83.1 Å². The average Bonchev–Trinajstić information content (AvgIpc) is 3.41. The summed E-state index contributed by atoms with van der Waals surface area (Å²) in [4.78, 5) is 30.3. The van der Waals surface area contributed by atoms with Crippen LogP contribution in [-0.4, -0.2) is 16.8 Å². The van der Waals surface area contributed by atoms with Crippen molar-refractivity contribution in [2.45, 2.75) is 45.6 Å². The number of carbonyl (C=O) groups is 2. The lowest BCUT2D eigenvalue weighted by Gasteiger charge is -2.32. The lowest BCUT2D eigenvalue weighted by Crippen LogP contribution is -2.35. The largest absolute Gasteiger partial charge is 0.364 e. The SMILES string of the molecule is C[C@H](NC(=O)C1=CNC2=CC=C(c3ccc4nc(NC(=O)C5CCC5)sc4c3)CC21C)c1cccc(F)c1. The molecule has 6 rings (SSSR count). The Balaban J connectivity index is 1.19. The van der Waals surface area contributed by atoms with E-state index in [9.17, 15) is 14.0 Å². The van der Waals surface area contributed by atoms with Crippen molar-refractivity contribution in [1.82, 2.24) is 15.6 Å². The van der Waals surface area contributed by atoms with E-state index in [-0.39, 0.29) is 29.6 Å². The van der Waals surface area contributed by atoms with E-state index >= 15 is 0 Å². The maximum absolute atomic E-state index is 13.7. The summed E-state index contributed by atoms with van der Waals surface area (Å²) < 4.78 is 14.7. The van der Waals surface area contributed by atoms with Crippen molar-refractivity contribution in [3.8, 4) is 0 Å². The van der Waals surface area contributed by atoms with Gasteiger partial charge in [0.05, 0.1) is 16.3 Å². The smallest absolute Gasteiger partial charge is 0.250 e. The number of carbonyl (C=O) groups excluding carboxylic acids is 2. The zero-order chi connectivity index (χ0) is 26.4. The Morgan fingerprint density at radius 3 is 2.79 bits per heavy atom. The molecular formula is C30H29FN4O2S. The molecule has 3 aliphatic rings. The minimum Gasteiger partial charge on any atom is -0.364 e. The van der Waals surface area contributed by atoms with Gasteiger partial charge in [-0.05, 0) is 80.2 Å². The predicted octanol–water partition coefficient (Wildman–Crippen LogP) is 6.22. The highest BCUT2D eigenvalue weighted by molar-refractivity contribution is 7.22. The van der Waals surface area contributed by atoms with Gasteiger partial charge in [0.15, 0.2) is 5.13 Å². The second-order valence-corrected chi connectivity index (χ2v) is 11.6. The average molecular weight is 529 g/mol. The third-order valence-corrected chi connectivity index (χ3v) is 8.90. The fourth-order valence-corrected chi connectivity index (χ4v) is 6.27. The lowest BCUT2D eigenvalue weighted by molar-refractivity contribution is -0.122. The van der Waals surface area contributed by atoms with Crippen LogP contribution in [-0.2, 0) is 9.59 Å². The molecule has 0 spiro atoms. The first-order chi connectivity index (χ1) is 18.3. The van der Waals surface area contributed by atoms with Gasteiger partial charge in [-0.3, -0.25) is 9.59 Å². The van der Waals surface area contributed by atoms with E-state index in [1.54, 1.807) is 12.3 Å². The number of allylic oxidation sites excluding steroid dienone is 4. The summed E-state index contributed by atoms with van der Waals surface area (Å²) in [5, 5.41) is 9.93. The van der Waals surface area contributed by atoms with Crippen LogP contribution in [0.3, 0.4) is 0 Å². The van der Waals surface area contributed by atoms with Crippen molar-refractivity contribution >= 4 is 44.1 Å². The van der Waals surface area contributed by atoms with E-state index in [1.165, 1.54) is 23.5 Å². The van der Waals surface area contributed by atoms with Crippen molar-refractivity contribution in [2.24, 2.45) is 11.3 Å². The van der Waals surface area contributed by atoms with E-state index in [1.807, 2.05) is 31.2 Å². The molecule has 0 bridgehead atoms. The molecule has 1 aromatic heterocycles. The zero-order valence-electron chi connectivity index (χ0n) is 21.3. The van der Waals surface area contributed by atoms with Crippen LogP contribution < -0.4 is 16.0 Å². The number of nitrogens with zero attached hydrogens (tertiary/aromatic N) is 1. The lowest BCUT2D eigenvalue weighted by atomic mass is 9.72. The molecule has 1 saturated carbocycles. The first kappa shape index (κ1) is 24.6. The number of hydrogen-bond donors (Lipinski definition) is 3. The molecule has 2 aliphatic carbocycles. The Kier molecular flexibility index (Phi) is 6.14. The summed E-state index contributed by atoms with van der Waals surface area (Å²) >= 11 is 1.49. The minimum absolute atomic E-state index is 0.0640. The standard InChI is InChI=1S/C30H29FN4O2S/c1-17(19-7-4-8-22(31)13-19)33-28(37)23-16-32-26-12-10-21(15-30(23,26)2)20-9-11-24-25(14-20)38-29(34-24)35-27(36)18-5-3-6-18/h4,7-14,16-18,32H,3,5-6,15H2,1-2H3,(H,33,37)(H,34,35,36)/t17-,30?/m0/s1. The van der Waals surface area contributed by atoms with Gasteiger partial charge in [-0.25, -0.2) is 9.37 Å². The van der Waals surface area contributed by atoms with Gasteiger partial charge in [0.1, 0.15) is 5.82 Å². The number of thiazole rings is 1. The summed E-state index contributed by atoms with van der Waals surface area (Å²) in [5.41, 5.74) is 4.87. The number of nitrogens with one attached hydrogen (secondary N) is 3. The fraction of sp³-hybridized carbons (Fsp3) is 0.300. The molecule has 2 amide bonds. The highest BCUT2D eigenvalue weighted by Crippen LogP contribution is 2.48. The minimum atomic E-state index is -0.514. The maximum atomic E-state index is 13.7. The van der Waals surface area contributed by atoms with E-state index in [4.69, 9.17) is 0 Å². The number of amides is 2. The normalized spacial score (nSPS) is 21.4. The number of hydrogen-bond acceptors (Lipinski definition) is 5. The number of rotatable bonds is 6. The van der Waals surface area contributed by atoms with Gasteiger partial charge in [0.25, 0.3) is 0 Å². The molecule has 0 saturated heterocycles. The Morgan fingerprint density at radius 2 is 2.03 bits per heavy atom. The number of aromatic nitrogens is 1. The quantitative estimate of drug-likeness (QED) is 0.355. The van der Waals surface area contributed by atoms with Crippen molar-refractivity contribution in [3.63, 3.8) is 0 Å². The van der Waals surface area contributed by atoms with E-state index in [2.05, 4.69) is 40.0 Å². The number of benzene rings is 2. The molecule has 3 N–H and O–H groups in total. The van der Waals surface area contributed by atoms with Crippen molar-refractivity contribution in [3.05, 3.63) is 89.0 Å². The summed E-state index contributed by atoms with van der Waals surface area (Å²) in [5.74, 6) is -0.321. The summed E-state index contributed by atoms with van der Waals surface area (Å²) in [6.07, 6.45) is 9.58. The van der Waals surface area contributed by atoms with Gasteiger partial charge in [-0.1, -0.05) is 42.0 Å². The van der Waals surface area contributed by atoms with Crippen LogP contribution in [0.5, 0.6) is 0 Å². The highest BCUT2D eigenvalue weighted by atomic mass is 32.1. The van der Waals surface area contributed by atoms with E-state index < -0.39 is 5.41 Å². The van der Waals surface area contributed by atoms with E-state index in [0.717, 1.165) is 51.9 Å². The van der Waals surface area contributed by atoms with Crippen LogP contribution in [0.4, 0.5) is 9.52 Å². The third kappa shape index (κ3) is 4.43. The van der Waals surface area contributed by atoms with Crippen molar-refractivity contribution in [1.29, 1.82) is 0 Å². The Morgan fingerprint density at radius 1 is 1.18 bits per heavy atom. The van der Waals surface area contributed by atoms with Gasteiger partial charge in [0.2, 0.25) is 11.8 Å². The monoisotopic (exact) mass is 528 g/mol. The molecule has 2 atom stereocenters. The fourth-order valence-electron chi connectivity index (χ4n) is 5.36. The van der Waals surface area contributed by atoms with Crippen LogP contribution in [0.1, 0.15) is 56.7 Å². The van der Waals surface area contributed by atoms with Gasteiger partial charge < -0.3 is 16.0 Å². The van der Waals surface area contributed by atoms with Crippen LogP contribution in [0.15, 0.2) is 72.1 Å². The predicted molar refractivity (Wildman–Crippen MR) is 149 cm³/mol. The molecule has 0 radical (unpaired) electrons. The third-order valence-electron chi connectivity index (χ3n) is 7.96. The molecule has 6 nitrogen and oxygen atoms in total. The van der Waals surface area contributed by atoms with Crippen LogP contribution in [0.25, 0.3) is 15.8 Å². The summed E-state index contributed by atoms with van der Waals surface area (Å²) in [6, 6.07) is 12.1. The number of fused-ring (bicyclic) bond motifs is 2. The molecule has 2 aromatic carbocycles. The van der Waals surface area contributed by atoms with Crippen LogP contribution in [0.2, 0.25) is 0 Å². The van der Waals surface area contributed by atoms with Crippen LogP contribution in [0, 0.1) is 17.2 Å². The molecule has 8 heteroatoms. The molecule has 38 heavy (non-hydrogen) atoms. The maximum Gasteiger partial charge on any atom is 0.250 e. The van der Waals surface area contributed by atoms with Crippen LogP contribution >= 0.6 is 11.3 Å². The van der Waals surface area contributed by atoms with Gasteiger partial charge in [-0.2, -0.15) is 0 Å². The Labute approximate surface area is 224 Å². The first-order valence-electron chi connectivity index (χ1n) is 13.0. The number of halogens is 1. The summed E-state index contributed by atoms with van der Waals surface area (Å²) in [7, 11) is 0. The molecular weight excluding hydrogens is 499 g/mol. The zero-order valence-corrected chi connectivity index (χ0v) is 22.1. The first-order valence-corrected chi connectivity index (χ1v) is 13.8. The van der Waals surface area contributed by atoms with Gasteiger partial charge in [-0.15, -0.1) is 0 Å². The Hall–Kier alpha value is -3.78. The van der Waals surface area contributed by atoms with Gasteiger partial charge in [0, 0.05) is 28.8 Å². The highest BCUT2D eigenvalue weighted by Gasteiger charge is 2.43. The van der Waals surface area contributed by atoms with Crippen molar-refractivity contribution in [2.75, 3.05) is 5.32 Å². The molecule has 1 unspecified atom stereocenters. The molecule has 2 heterocycles. The molecule has 3 aromatic rings. The Bertz CT molecular complexity index is 1550. The number of anilines is 1. The van der Waals surface area contributed by atoms with Crippen molar-refractivity contribution < 1.29 is 14.0 Å².